The molecule has 0 aliphatic carbocycles. The molecule has 0 fully saturated rings. The van der Waals surface area contributed by atoms with E-state index in [9.17, 15) is 10.2 Å². The Hall–Kier alpha value is -1.68. The Labute approximate surface area is 152 Å². The SMILES string of the molecule is CC(O)C/C(=C/CC(C)(C)O)[Si](C)(c1ccccc1)c1ccccc1. The average Bonchev–Trinajstić information content (AvgIpc) is 2.58. The second-order valence-corrected chi connectivity index (χ2v) is 11.7. The molecular weight excluding hydrogens is 324 g/mol. The van der Waals surface area contributed by atoms with Gasteiger partial charge in [0.15, 0.2) is 0 Å². The van der Waals surface area contributed by atoms with E-state index in [1.54, 1.807) is 0 Å². The van der Waals surface area contributed by atoms with Crippen LogP contribution < -0.4 is 10.4 Å². The monoisotopic (exact) mass is 354 g/mol. The van der Waals surface area contributed by atoms with Crippen LogP contribution in [0.2, 0.25) is 6.55 Å². The molecule has 2 aromatic rings. The van der Waals surface area contributed by atoms with Crippen LogP contribution in [-0.4, -0.2) is 30.0 Å². The molecular formula is C22H30O2Si. The summed E-state index contributed by atoms with van der Waals surface area (Å²) in [5.74, 6) is 0. The van der Waals surface area contributed by atoms with Gasteiger partial charge in [-0.3, -0.25) is 0 Å². The Morgan fingerprint density at radius 1 is 1.00 bits per heavy atom. The summed E-state index contributed by atoms with van der Waals surface area (Å²) >= 11 is 0. The minimum Gasteiger partial charge on any atom is -0.393 e. The van der Waals surface area contributed by atoms with Gasteiger partial charge in [0.1, 0.15) is 8.07 Å². The Morgan fingerprint density at radius 2 is 1.44 bits per heavy atom. The third-order valence-electron chi connectivity index (χ3n) is 4.71. The summed E-state index contributed by atoms with van der Waals surface area (Å²) in [4.78, 5) is 0. The van der Waals surface area contributed by atoms with E-state index >= 15 is 0 Å². The summed E-state index contributed by atoms with van der Waals surface area (Å²) in [6.07, 6.45) is 2.96. The van der Waals surface area contributed by atoms with Gasteiger partial charge in [0.05, 0.1) is 11.7 Å². The summed E-state index contributed by atoms with van der Waals surface area (Å²) in [6, 6.07) is 21.2. The molecule has 0 radical (unpaired) electrons. The molecule has 0 amide bonds. The molecule has 0 heterocycles. The molecule has 2 nitrogen and oxygen atoms in total. The van der Waals surface area contributed by atoms with Gasteiger partial charge >= 0.3 is 0 Å². The maximum Gasteiger partial charge on any atom is 0.141 e. The Kier molecular flexibility index (Phi) is 6.39. The lowest BCUT2D eigenvalue weighted by molar-refractivity contribution is 0.0836. The van der Waals surface area contributed by atoms with Crippen molar-refractivity contribution in [2.75, 3.05) is 0 Å². The standard InChI is InChI=1S/C22H30O2Si/c1-18(23)17-21(15-16-22(2,3)24)25(4,19-11-7-5-8-12-19)20-13-9-6-10-14-20/h5-15,18,23-24H,16-17H2,1-4H3/b21-15-. The number of aliphatic hydroxyl groups excluding tert-OH is 1. The average molecular weight is 355 g/mol. The zero-order valence-corrected chi connectivity index (χ0v) is 16.7. The van der Waals surface area contributed by atoms with Crippen molar-refractivity contribution in [2.24, 2.45) is 0 Å². The van der Waals surface area contributed by atoms with Gasteiger partial charge in [-0.05, 0) is 44.0 Å². The molecule has 25 heavy (non-hydrogen) atoms. The second kappa shape index (κ2) is 8.13. The van der Waals surface area contributed by atoms with Crippen molar-refractivity contribution in [1.82, 2.24) is 0 Å². The van der Waals surface area contributed by atoms with E-state index in [4.69, 9.17) is 0 Å². The lowest BCUT2D eigenvalue weighted by atomic mass is 10.0. The van der Waals surface area contributed by atoms with Crippen molar-refractivity contribution in [3.05, 3.63) is 71.9 Å². The Bertz CT molecular complexity index is 645. The van der Waals surface area contributed by atoms with Gasteiger partial charge in [0.25, 0.3) is 0 Å². The van der Waals surface area contributed by atoms with Gasteiger partial charge in [0, 0.05) is 0 Å². The zero-order valence-electron chi connectivity index (χ0n) is 15.7. The minimum absolute atomic E-state index is 0.410. The first-order valence-electron chi connectivity index (χ1n) is 8.94. The second-order valence-electron chi connectivity index (χ2n) is 7.66. The number of benzene rings is 2. The van der Waals surface area contributed by atoms with Gasteiger partial charge in [-0.1, -0.05) is 78.5 Å². The minimum atomic E-state index is -2.20. The summed E-state index contributed by atoms with van der Waals surface area (Å²) in [7, 11) is -2.20. The molecule has 2 rings (SSSR count). The van der Waals surface area contributed by atoms with Crippen molar-refractivity contribution in [3.8, 4) is 0 Å². The molecule has 0 aromatic heterocycles. The highest BCUT2D eigenvalue weighted by Gasteiger charge is 2.36. The topological polar surface area (TPSA) is 40.5 Å². The van der Waals surface area contributed by atoms with Gasteiger partial charge in [0.2, 0.25) is 0 Å². The molecule has 134 valence electrons. The molecule has 0 saturated heterocycles. The van der Waals surface area contributed by atoms with Crippen molar-refractivity contribution in [3.63, 3.8) is 0 Å². The fourth-order valence-electron chi connectivity index (χ4n) is 3.26. The summed E-state index contributed by atoms with van der Waals surface area (Å²) < 4.78 is 0. The summed E-state index contributed by atoms with van der Waals surface area (Å²) in [5, 5.41) is 24.3. The van der Waals surface area contributed by atoms with Crippen molar-refractivity contribution in [1.29, 1.82) is 0 Å². The normalized spacial score (nSPS) is 14.4. The van der Waals surface area contributed by atoms with Crippen LogP contribution in [0.15, 0.2) is 71.9 Å². The first-order valence-corrected chi connectivity index (χ1v) is 11.4. The lowest BCUT2D eigenvalue weighted by Gasteiger charge is -2.33. The summed E-state index contributed by atoms with van der Waals surface area (Å²) in [6.45, 7) is 7.83. The molecule has 2 N–H and O–H groups in total. The van der Waals surface area contributed by atoms with Gasteiger partial charge < -0.3 is 10.2 Å². The van der Waals surface area contributed by atoms with E-state index in [2.05, 4.69) is 61.2 Å². The number of hydrogen-bond donors (Lipinski definition) is 2. The van der Waals surface area contributed by atoms with Crippen molar-refractivity contribution in [2.45, 2.75) is 51.9 Å². The highest BCUT2D eigenvalue weighted by Crippen LogP contribution is 2.23. The van der Waals surface area contributed by atoms with E-state index in [1.807, 2.05) is 32.9 Å². The highest BCUT2D eigenvalue weighted by molar-refractivity contribution is 7.06. The predicted molar refractivity (Wildman–Crippen MR) is 109 cm³/mol. The maximum atomic E-state index is 10.2. The maximum absolute atomic E-state index is 10.2. The number of hydrogen-bond acceptors (Lipinski definition) is 2. The molecule has 0 aliphatic heterocycles. The van der Waals surface area contributed by atoms with Crippen LogP contribution in [-0.2, 0) is 0 Å². The summed E-state index contributed by atoms with van der Waals surface area (Å²) in [5.41, 5.74) is -0.757. The molecule has 0 saturated carbocycles. The Morgan fingerprint density at radius 3 is 1.80 bits per heavy atom. The third kappa shape index (κ3) is 5.14. The largest absolute Gasteiger partial charge is 0.393 e. The van der Waals surface area contributed by atoms with Crippen LogP contribution in [0.25, 0.3) is 0 Å². The van der Waals surface area contributed by atoms with Crippen LogP contribution in [0.5, 0.6) is 0 Å². The highest BCUT2D eigenvalue weighted by atomic mass is 28.3. The van der Waals surface area contributed by atoms with E-state index in [1.165, 1.54) is 15.6 Å². The fraction of sp³-hybridized carbons (Fsp3) is 0.364. The van der Waals surface area contributed by atoms with Crippen LogP contribution in [0.3, 0.4) is 0 Å². The zero-order chi connectivity index (χ0) is 18.5. The molecule has 3 heteroatoms. The Balaban J connectivity index is 2.62. The van der Waals surface area contributed by atoms with Gasteiger partial charge in [-0.15, -0.1) is 0 Å². The molecule has 2 aromatic carbocycles. The van der Waals surface area contributed by atoms with Crippen LogP contribution >= 0.6 is 0 Å². The first kappa shape index (κ1) is 19.6. The van der Waals surface area contributed by atoms with Gasteiger partial charge in [-0.2, -0.15) is 0 Å². The van der Waals surface area contributed by atoms with Crippen LogP contribution in [0, 0.1) is 0 Å². The molecule has 0 spiro atoms. The molecule has 0 bridgehead atoms. The number of rotatable bonds is 7. The molecule has 1 atom stereocenters. The van der Waals surface area contributed by atoms with Crippen LogP contribution in [0.4, 0.5) is 0 Å². The van der Waals surface area contributed by atoms with Crippen molar-refractivity contribution >= 4 is 18.4 Å². The van der Waals surface area contributed by atoms with Gasteiger partial charge in [-0.25, -0.2) is 0 Å². The molecule has 0 aliphatic rings. The first-order chi connectivity index (χ1) is 11.7. The predicted octanol–water partition coefficient (Wildman–Crippen LogP) is 3.28. The van der Waals surface area contributed by atoms with E-state index < -0.39 is 19.8 Å². The lowest BCUT2D eigenvalue weighted by Crippen LogP contribution is -2.58. The quantitative estimate of drug-likeness (QED) is 0.749. The van der Waals surface area contributed by atoms with Crippen molar-refractivity contribution < 1.29 is 10.2 Å². The smallest absolute Gasteiger partial charge is 0.141 e. The van der Waals surface area contributed by atoms with E-state index in [0.29, 0.717) is 12.8 Å². The van der Waals surface area contributed by atoms with E-state index in [0.717, 1.165) is 0 Å². The number of aliphatic hydroxyl groups is 2. The van der Waals surface area contributed by atoms with Crippen LogP contribution in [0.1, 0.15) is 33.6 Å². The van der Waals surface area contributed by atoms with E-state index in [-0.39, 0.29) is 0 Å². The fourth-order valence-corrected chi connectivity index (χ4v) is 7.27. The molecule has 1 unspecified atom stereocenters. The third-order valence-corrected chi connectivity index (χ3v) is 9.38.